The molecule has 0 saturated heterocycles. The molecular weight excluding hydrogens is 523 g/mol. The molecule has 0 bridgehead atoms. The van der Waals surface area contributed by atoms with E-state index >= 15 is 0 Å². The summed E-state index contributed by atoms with van der Waals surface area (Å²) >= 11 is 0. The molecule has 0 amide bonds. The van der Waals surface area contributed by atoms with Crippen molar-refractivity contribution in [3.8, 4) is 0 Å². The van der Waals surface area contributed by atoms with E-state index in [0.717, 1.165) is 0 Å². The van der Waals surface area contributed by atoms with Crippen molar-refractivity contribution in [1.29, 1.82) is 0 Å². The Labute approximate surface area is 163 Å². The monoisotopic (exact) mass is 524 g/mol. The molecule has 0 rings (SSSR count). The van der Waals surface area contributed by atoms with E-state index in [1.54, 1.807) is 0 Å². The van der Waals surface area contributed by atoms with Gasteiger partial charge in [0.2, 0.25) is 0 Å². The second kappa shape index (κ2) is 9.25. The second-order valence-corrected chi connectivity index (χ2v) is 4.09. The van der Waals surface area contributed by atoms with Gasteiger partial charge in [0.15, 0.2) is 0 Å². The molecule has 162 valence electrons. The number of alkyl halides is 14. The van der Waals surface area contributed by atoms with Crippen LogP contribution in [-0.4, -0.2) is 65.0 Å². The Morgan fingerprint density at radius 2 is 0.889 bits per heavy atom. The minimum atomic E-state index is -8.22. The van der Waals surface area contributed by atoms with Crippen LogP contribution in [0.5, 0.6) is 0 Å². The van der Waals surface area contributed by atoms with Crippen molar-refractivity contribution < 1.29 is 75.0 Å². The number of hydrogen-bond acceptors (Lipinski definition) is 0. The summed E-state index contributed by atoms with van der Waals surface area (Å²) in [6.45, 7) is 0. The van der Waals surface area contributed by atoms with E-state index in [4.69, 9.17) is 0 Å². The zero-order valence-corrected chi connectivity index (χ0v) is 14.7. The van der Waals surface area contributed by atoms with E-state index in [9.17, 15) is 70.2 Å². The summed E-state index contributed by atoms with van der Waals surface area (Å²) in [5.41, 5.74) is 0. The SMILES string of the molecule is Br.F[C-](F)C(F)(F)C(F)(F)C(F)(F)C(F)(F)C(F)(F)C(F)C(F)(F)F.[F-].[Mg+2]. The fourth-order valence-electron chi connectivity index (χ4n) is 1.09. The molecule has 0 nitrogen and oxygen atoms in total. The molecule has 0 aliphatic carbocycles. The Balaban J connectivity index is -0.000000882. The normalized spacial score (nSPS) is 15.4. The smallest absolute Gasteiger partial charge is 1.00 e. The van der Waals surface area contributed by atoms with Crippen molar-refractivity contribution >= 4 is 40.0 Å². The maximum atomic E-state index is 12.7. The van der Waals surface area contributed by atoms with Crippen LogP contribution in [0.4, 0.5) is 70.2 Å². The Bertz CT molecular complexity index is 456. The molecule has 0 aromatic carbocycles. The fraction of sp³-hybridized carbons (Fsp3) is 0.875. The molecule has 0 N–H and O–H groups in total. The van der Waals surface area contributed by atoms with Crippen LogP contribution >= 0.6 is 17.0 Å². The molecule has 19 heteroatoms. The van der Waals surface area contributed by atoms with Gasteiger partial charge in [-0.25, -0.2) is 13.2 Å². The standard InChI is InChI=1S/C8HF16.BrH.FH.Mg/c9-1(5(16,17)18)3(12,13)6(19,20)8(23,24)7(21,22)4(14,15)2(10)11;;;/h1H;2*1H;/q-1;;;+2/p-1. The quantitative estimate of drug-likeness (QED) is 0.285. The van der Waals surface area contributed by atoms with Crippen molar-refractivity contribution in [3.63, 3.8) is 0 Å². The first-order valence-corrected chi connectivity index (χ1v) is 4.88. The van der Waals surface area contributed by atoms with Crippen LogP contribution in [0.25, 0.3) is 0 Å². The van der Waals surface area contributed by atoms with Crippen LogP contribution in [-0.2, 0) is 0 Å². The molecule has 0 aromatic rings. The molecule has 0 aliphatic rings. The minimum absolute atomic E-state index is 0. The van der Waals surface area contributed by atoms with Gasteiger partial charge in [-0.1, -0.05) is 0 Å². The van der Waals surface area contributed by atoms with Crippen molar-refractivity contribution in [2.45, 2.75) is 42.0 Å². The van der Waals surface area contributed by atoms with Gasteiger partial charge in [0.1, 0.15) is 0 Å². The molecule has 0 spiro atoms. The summed E-state index contributed by atoms with van der Waals surface area (Å²) in [5, 5.41) is 0. The fourth-order valence-corrected chi connectivity index (χ4v) is 1.09. The summed E-state index contributed by atoms with van der Waals surface area (Å²) in [6.07, 6.45) is -18.1. The molecule has 1 atom stereocenters. The zero-order valence-electron chi connectivity index (χ0n) is 11.6. The topological polar surface area (TPSA) is 0 Å². The molecule has 0 aromatic heterocycles. The summed E-state index contributed by atoms with van der Waals surface area (Å²) in [7, 11) is 0. The van der Waals surface area contributed by atoms with Crippen molar-refractivity contribution in [3.05, 3.63) is 6.43 Å². The van der Waals surface area contributed by atoms with Gasteiger partial charge < -0.3 is 13.5 Å². The average Bonchev–Trinajstić information content (AvgIpc) is 2.35. The predicted molar refractivity (Wildman–Crippen MR) is 57.2 cm³/mol. The molecule has 0 heterocycles. The van der Waals surface area contributed by atoms with Crippen LogP contribution in [0.1, 0.15) is 0 Å². The molecule has 1 unspecified atom stereocenters. The van der Waals surface area contributed by atoms with Crippen molar-refractivity contribution in [2.24, 2.45) is 0 Å². The Morgan fingerprint density at radius 1 is 0.593 bits per heavy atom. The van der Waals surface area contributed by atoms with Crippen LogP contribution < -0.4 is 4.70 Å². The molecular formula is C8H2BrF17Mg. The van der Waals surface area contributed by atoms with Crippen LogP contribution in [0, 0.1) is 6.43 Å². The predicted octanol–water partition coefficient (Wildman–Crippen LogP) is 2.69. The third kappa shape index (κ3) is 5.16. The van der Waals surface area contributed by atoms with Gasteiger partial charge in [0.25, 0.3) is 12.1 Å². The summed E-state index contributed by atoms with van der Waals surface area (Å²) < 4.78 is 196. The van der Waals surface area contributed by atoms with E-state index in [1.807, 2.05) is 0 Å². The minimum Gasteiger partial charge on any atom is -1.00 e. The van der Waals surface area contributed by atoms with Crippen molar-refractivity contribution in [1.82, 2.24) is 0 Å². The Morgan fingerprint density at radius 3 is 1.11 bits per heavy atom. The van der Waals surface area contributed by atoms with E-state index in [0.29, 0.717) is 0 Å². The van der Waals surface area contributed by atoms with Crippen LogP contribution in [0.15, 0.2) is 0 Å². The van der Waals surface area contributed by atoms with Gasteiger partial charge in [-0.2, -0.15) is 48.3 Å². The Kier molecular flexibility index (Phi) is 11.8. The van der Waals surface area contributed by atoms with Crippen LogP contribution in [0.2, 0.25) is 0 Å². The second-order valence-electron chi connectivity index (χ2n) is 4.09. The Hall–Kier alpha value is 0.0562. The van der Waals surface area contributed by atoms with Crippen molar-refractivity contribution in [2.75, 3.05) is 0 Å². The number of hydrogen-bond donors (Lipinski definition) is 0. The molecule has 27 heavy (non-hydrogen) atoms. The molecule has 0 fully saturated rings. The summed E-state index contributed by atoms with van der Waals surface area (Å²) in [5.74, 6) is -39.5. The van der Waals surface area contributed by atoms with E-state index in [-0.39, 0.29) is 44.7 Å². The van der Waals surface area contributed by atoms with Gasteiger partial charge in [-0.05, 0) is 0 Å². The number of halogens is 18. The summed E-state index contributed by atoms with van der Waals surface area (Å²) in [4.78, 5) is 0. The average molecular weight is 525 g/mol. The van der Waals surface area contributed by atoms with Gasteiger partial charge in [0.05, 0.1) is 6.43 Å². The third-order valence-electron chi connectivity index (χ3n) is 2.44. The zero-order chi connectivity index (χ0) is 20.2. The summed E-state index contributed by atoms with van der Waals surface area (Å²) in [6, 6.07) is 0. The third-order valence-corrected chi connectivity index (χ3v) is 2.44. The van der Waals surface area contributed by atoms with Crippen LogP contribution in [0.3, 0.4) is 0 Å². The van der Waals surface area contributed by atoms with E-state index < -0.39 is 48.4 Å². The van der Waals surface area contributed by atoms with E-state index in [2.05, 4.69) is 0 Å². The van der Waals surface area contributed by atoms with E-state index in [1.165, 1.54) is 0 Å². The maximum Gasteiger partial charge on any atom is 2.00 e. The number of rotatable bonds is 6. The first-order valence-electron chi connectivity index (χ1n) is 4.88. The molecule has 0 saturated carbocycles. The van der Waals surface area contributed by atoms with Gasteiger partial charge in [0, 0.05) is 0 Å². The van der Waals surface area contributed by atoms with Gasteiger partial charge >= 0.3 is 52.9 Å². The molecule has 0 radical (unpaired) electrons. The first-order chi connectivity index (χ1) is 10.1. The largest absolute Gasteiger partial charge is 2.00 e. The van der Waals surface area contributed by atoms with Gasteiger partial charge in [-0.15, -0.1) is 17.0 Å². The first kappa shape index (κ1) is 34.6. The molecule has 0 aliphatic heterocycles. The maximum absolute atomic E-state index is 12.7. The van der Waals surface area contributed by atoms with Gasteiger partial charge in [-0.3, -0.25) is 0 Å².